The molecule has 1 aliphatic heterocycles. The van der Waals surface area contributed by atoms with Gasteiger partial charge >= 0.3 is 0 Å². The fraction of sp³-hybridized carbons (Fsp3) is 0.269. The molecule has 0 bridgehead atoms. The third-order valence-corrected chi connectivity index (χ3v) is 6.88. The fourth-order valence-electron chi connectivity index (χ4n) is 4.27. The number of ether oxygens (including phenoxy) is 1. The Morgan fingerprint density at radius 1 is 0.935 bits per heavy atom. The number of methoxy groups -OCH3 is 1. The van der Waals surface area contributed by atoms with Crippen LogP contribution in [0.25, 0.3) is 0 Å². The van der Waals surface area contributed by atoms with E-state index in [1.165, 1.54) is 5.56 Å². The molecule has 1 amide bonds. The maximum Gasteiger partial charge on any atom is 0.233 e. The van der Waals surface area contributed by atoms with Crippen molar-refractivity contribution in [3.63, 3.8) is 0 Å². The van der Waals surface area contributed by atoms with Gasteiger partial charge in [0.15, 0.2) is 0 Å². The van der Waals surface area contributed by atoms with Crippen molar-refractivity contribution in [1.82, 2.24) is 0 Å². The van der Waals surface area contributed by atoms with Crippen LogP contribution in [-0.4, -0.2) is 23.5 Å². The third-order valence-electron chi connectivity index (χ3n) is 5.94. The SMILES string of the molecule is COc1ccc(N2C(=O)[C@H](CCCc3ccccc3)[C@H]2c2ccc(S(C)=O)cc2)cc1. The van der Waals surface area contributed by atoms with Gasteiger partial charge in [-0.3, -0.25) is 9.00 Å². The highest BCUT2D eigenvalue weighted by atomic mass is 32.2. The van der Waals surface area contributed by atoms with Crippen molar-refractivity contribution < 1.29 is 13.7 Å². The number of aryl methyl sites for hydroxylation is 1. The molecule has 0 aromatic heterocycles. The normalized spacial score (nSPS) is 19.0. The van der Waals surface area contributed by atoms with Crippen LogP contribution in [0.2, 0.25) is 0 Å². The van der Waals surface area contributed by atoms with E-state index in [4.69, 9.17) is 4.74 Å². The molecular formula is C26H27NO3S. The van der Waals surface area contributed by atoms with Crippen LogP contribution in [0.1, 0.15) is 30.0 Å². The summed E-state index contributed by atoms with van der Waals surface area (Å²) < 4.78 is 17.0. The number of nitrogens with zero attached hydrogens (tertiary/aromatic N) is 1. The first-order chi connectivity index (χ1) is 15.1. The smallest absolute Gasteiger partial charge is 0.233 e. The number of carbonyl (C=O) groups is 1. The van der Waals surface area contributed by atoms with Gasteiger partial charge in [-0.15, -0.1) is 0 Å². The molecule has 3 aromatic rings. The Bertz CT molecular complexity index is 1050. The second-order valence-electron chi connectivity index (χ2n) is 7.86. The minimum atomic E-state index is -1.02. The molecule has 0 aliphatic carbocycles. The number of hydrogen-bond acceptors (Lipinski definition) is 3. The minimum absolute atomic E-state index is 0.0176. The first kappa shape index (κ1) is 21.3. The summed E-state index contributed by atoms with van der Waals surface area (Å²) in [5, 5.41) is 0. The fourth-order valence-corrected chi connectivity index (χ4v) is 4.79. The predicted molar refractivity (Wildman–Crippen MR) is 125 cm³/mol. The highest BCUT2D eigenvalue weighted by Crippen LogP contribution is 2.46. The van der Waals surface area contributed by atoms with Crippen molar-refractivity contribution in [2.24, 2.45) is 5.92 Å². The lowest BCUT2D eigenvalue weighted by Crippen LogP contribution is -2.55. The largest absolute Gasteiger partial charge is 0.497 e. The number of β-lactam (4-membered cyclic amide) rings is 1. The zero-order valence-corrected chi connectivity index (χ0v) is 18.7. The van der Waals surface area contributed by atoms with E-state index in [0.29, 0.717) is 0 Å². The molecule has 5 heteroatoms. The number of amides is 1. The quantitative estimate of drug-likeness (QED) is 0.461. The number of anilines is 1. The highest BCUT2D eigenvalue weighted by molar-refractivity contribution is 7.84. The van der Waals surface area contributed by atoms with Gasteiger partial charge in [-0.25, -0.2) is 0 Å². The van der Waals surface area contributed by atoms with E-state index in [1.54, 1.807) is 13.4 Å². The lowest BCUT2D eigenvalue weighted by Gasteiger charge is -2.47. The van der Waals surface area contributed by atoms with E-state index < -0.39 is 10.8 Å². The summed E-state index contributed by atoms with van der Waals surface area (Å²) in [4.78, 5) is 15.8. The lowest BCUT2D eigenvalue weighted by molar-refractivity contribution is -0.130. The van der Waals surface area contributed by atoms with Crippen LogP contribution in [-0.2, 0) is 22.0 Å². The second-order valence-corrected chi connectivity index (χ2v) is 9.24. The molecule has 160 valence electrons. The molecule has 1 saturated heterocycles. The first-order valence-electron chi connectivity index (χ1n) is 10.5. The zero-order valence-electron chi connectivity index (χ0n) is 17.9. The second kappa shape index (κ2) is 9.48. The Morgan fingerprint density at radius 3 is 2.23 bits per heavy atom. The van der Waals surface area contributed by atoms with Crippen molar-refractivity contribution in [3.8, 4) is 5.75 Å². The molecule has 0 spiro atoms. The molecule has 4 nitrogen and oxygen atoms in total. The highest BCUT2D eigenvalue weighted by Gasteiger charge is 2.48. The Morgan fingerprint density at radius 2 is 1.61 bits per heavy atom. The first-order valence-corrected chi connectivity index (χ1v) is 12.1. The zero-order chi connectivity index (χ0) is 21.8. The summed E-state index contributed by atoms with van der Waals surface area (Å²) in [6, 6.07) is 25.8. The molecule has 1 heterocycles. The number of benzene rings is 3. The van der Waals surface area contributed by atoms with Gasteiger partial charge in [0.2, 0.25) is 5.91 Å². The molecular weight excluding hydrogens is 406 g/mol. The monoisotopic (exact) mass is 433 g/mol. The standard InChI is InChI=1S/C26H27NO3S/c1-30-22-15-13-21(14-16-22)27-25(20-11-17-23(18-12-20)31(2)29)24(26(27)28)10-6-9-19-7-4-3-5-8-19/h3-5,7-8,11-18,24-25H,6,9-10H2,1-2H3/t24-,25-,31?/m1/s1. The Kier molecular flexibility index (Phi) is 6.52. The van der Waals surface area contributed by atoms with Crippen LogP contribution in [0.5, 0.6) is 5.75 Å². The van der Waals surface area contributed by atoms with Gasteiger partial charge in [-0.2, -0.15) is 0 Å². The summed E-state index contributed by atoms with van der Waals surface area (Å²) in [5.74, 6) is 0.873. The van der Waals surface area contributed by atoms with E-state index in [0.717, 1.165) is 41.2 Å². The topological polar surface area (TPSA) is 46.6 Å². The summed E-state index contributed by atoms with van der Waals surface area (Å²) in [6.45, 7) is 0. The van der Waals surface area contributed by atoms with E-state index in [2.05, 4.69) is 24.3 Å². The van der Waals surface area contributed by atoms with Crippen LogP contribution >= 0.6 is 0 Å². The van der Waals surface area contributed by atoms with Crippen molar-refractivity contribution in [3.05, 3.63) is 90.0 Å². The molecule has 0 radical (unpaired) electrons. The van der Waals surface area contributed by atoms with Crippen LogP contribution in [0, 0.1) is 5.92 Å². The van der Waals surface area contributed by atoms with Crippen LogP contribution < -0.4 is 9.64 Å². The van der Waals surface area contributed by atoms with Gasteiger partial charge in [0.1, 0.15) is 5.75 Å². The Hall–Kier alpha value is -2.92. The lowest BCUT2D eigenvalue weighted by atomic mass is 9.78. The summed E-state index contributed by atoms with van der Waals surface area (Å²) in [6.07, 6.45) is 4.45. The molecule has 31 heavy (non-hydrogen) atoms. The van der Waals surface area contributed by atoms with Gasteiger partial charge in [-0.05, 0) is 66.8 Å². The molecule has 0 N–H and O–H groups in total. The van der Waals surface area contributed by atoms with Gasteiger partial charge in [0.05, 0.1) is 19.1 Å². The summed E-state index contributed by atoms with van der Waals surface area (Å²) in [5.41, 5.74) is 3.25. The predicted octanol–water partition coefficient (Wildman–Crippen LogP) is 5.16. The maximum atomic E-state index is 13.2. The minimum Gasteiger partial charge on any atom is -0.497 e. The van der Waals surface area contributed by atoms with E-state index in [9.17, 15) is 9.00 Å². The maximum absolute atomic E-state index is 13.2. The van der Waals surface area contributed by atoms with Crippen molar-refractivity contribution in [2.75, 3.05) is 18.3 Å². The molecule has 3 aromatic carbocycles. The molecule has 1 fully saturated rings. The Balaban J connectivity index is 1.55. The average molecular weight is 434 g/mol. The number of carbonyl (C=O) groups excluding carboxylic acids is 1. The van der Waals surface area contributed by atoms with E-state index >= 15 is 0 Å². The van der Waals surface area contributed by atoms with Crippen molar-refractivity contribution in [2.45, 2.75) is 30.2 Å². The molecule has 3 atom stereocenters. The average Bonchev–Trinajstić information content (AvgIpc) is 2.81. The third kappa shape index (κ3) is 4.57. The number of rotatable bonds is 8. The van der Waals surface area contributed by atoms with Gasteiger partial charge < -0.3 is 9.64 Å². The Labute approximate surface area is 186 Å². The van der Waals surface area contributed by atoms with Crippen LogP contribution in [0.4, 0.5) is 5.69 Å². The molecule has 1 aliphatic rings. The van der Waals surface area contributed by atoms with Gasteiger partial charge in [0, 0.05) is 27.6 Å². The van der Waals surface area contributed by atoms with Crippen LogP contribution in [0.3, 0.4) is 0 Å². The van der Waals surface area contributed by atoms with Crippen molar-refractivity contribution >= 4 is 22.4 Å². The summed E-state index contributed by atoms with van der Waals surface area (Å²) in [7, 11) is 0.614. The number of hydrogen-bond donors (Lipinski definition) is 0. The molecule has 0 saturated carbocycles. The van der Waals surface area contributed by atoms with E-state index in [-0.39, 0.29) is 17.9 Å². The molecule has 1 unspecified atom stereocenters. The summed E-state index contributed by atoms with van der Waals surface area (Å²) >= 11 is 0. The van der Waals surface area contributed by atoms with Gasteiger partial charge in [-0.1, -0.05) is 42.5 Å². The van der Waals surface area contributed by atoms with Crippen molar-refractivity contribution in [1.29, 1.82) is 0 Å². The van der Waals surface area contributed by atoms with E-state index in [1.807, 2.05) is 59.5 Å². The van der Waals surface area contributed by atoms with Gasteiger partial charge in [0.25, 0.3) is 0 Å². The molecule has 4 rings (SSSR count). The van der Waals surface area contributed by atoms with Crippen LogP contribution in [0.15, 0.2) is 83.8 Å².